The van der Waals surface area contributed by atoms with Gasteiger partial charge in [0.25, 0.3) is 0 Å². The molecule has 0 unspecified atom stereocenters. The molecule has 0 fully saturated rings. The molecule has 1 amide bonds. The molecule has 1 aromatic rings. The number of rotatable bonds is 4. The Hall–Kier alpha value is -1.03. The van der Waals surface area contributed by atoms with Gasteiger partial charge >= 0.3 is 0 Å². The zero-order valence-electron chi connectivity index (χ0n) is 9.28. The zero-order valence-corrected chi connectivity index (χ0v) is 10.8. The summed E-state index contributed by atoms with van der Waals surface area (Å²) in [6, 6.07) is 4.91. The lowest BCUT2D eigenvalue weighted by atomic mass is 10.2. The number of hydrogen-bond acceptors (Lipinski definition) is 2. The van der Waals surface area contributed by atoms with Crippen LogP contribution in [0.25, 0.3) is 6.08 Å². The van der Waals surface area contributed by atoms with E-state index in [1.54, 1.807) is 31.2 Å². The summed E-state index contributed by atoms with van der Waals surface area (Å²) in [5.41, 5.74) is 0.672. The molecule has 3 nitrogen and oxygen atoms in total. The molecule has 2 N–H and O–H groups in total. The first-order valence-electron chi connectivity index (χ1n) is 5.08. The maximum atomic E-state index is 11.4. The number of amides is 1. The molecule has 0 aliphatic heterocycles. The molecule has 0 aromatic heterocycles. The average molecular weight is 274 g/mol. The monoisotopic (exact) mass is 273 g/mol. The fourth-order valence-electron chi connectivity index (χ4n) is 1.15. The summed E-state index contributed by atoms with van der Waals surface area (Å²) in [4.78, 5) is 11.4. The Kier molecular flexibility index (Phi) is 5.48. The van der Waals surface area contributed by atoms with Crippen molar-refractivity contribution in [2.45, 2.75) is 13.0 Å². The van der Waals surface area contributed by atoms with E-state index in [0.29, 0.717) is 15.6 Å². The Balaban J connectivity index is 2.71. The van der Waals surface area contributed by atoms with Gasteiger partial charge in [-0.1, -0.05) is 35.3 Å². The Bertz CT molecular complexity index is 433. The molecule has 1 rings (SSSR count). The van der Waals surface area contributed by atoms with E-state index < -0.39 is 0 Å². The van der Waals surface area contributed by atoms with Gasteiger partial charge < -0.3 is 10.4 Å². The third-order valence-corrected chi connectivity index (χ3v) is 2.89. The molecule has 0 saturated carbocycles. The summed E-state index contributed by atoms with van der Waals surface area (Å²) in [5, 5.41) is 12.2. The quantitative estimate of drug-likeness (QED) is 0.829. The van der Waals surface area contributed by atoms with Crippen molar-refractivity contribution in [2.75, 3.05) is 6.61 Å². The van der Waals surface area contributed by atoms with E-state index in [9.17, 15) is 4.79 Å². The van der Waals surface area contributed by atoms with Gasteiger partial charge in [-0.25, -0.2) is 0 Å². The van der Waals surface area contributed by atoms with Crippen LogP contribution >= 0.6 is 23.2 Å². The van der Waals surface area contributed by atoms with Crippen molar-refractivity contribution in [1.29, 1.82) is 0 Å². The molecular formula is C12H13Cl2NO2. The molecule has 0 aliphatic rings. The highest BCUT2D eigenvalue weighted by Crippen LogP contribution is 2.26. The van der Waals surface area contributed by atoms with Crippen LogP contribution in [0.15, 0.2) is 24.3 Å². The topological polar surface area (TPSA) is 49.3 Å². The predicted molar refractivity (Wildman–Crippen MR) is 70.2 cm³/mol. The van der Waals surface area contributed by atoms with Crippen LogP contribution in [0, 0.1) is 0 Å². The number of benzene rings is 1. The van der Waals surface area contributed by atoms with Gasteiger partial charge in [-0.3, -0.25) is 4.79 Å². The van der Waals surface area contributed by atoms with Crippen LogP contribution in [0.2, 0.25) is 10.0 Å². The van der Waals surface area contributed by atoms with Crippen molar-refractivity contribution >= 4 is 35.2 Å². The van der Waals surface area contributed by atoms with E-state index >= 15 is 0 Å². The number of aliphatic hydroxyl groups is 1. The van der Waals surface area contributed by atoms with Crippen molar-refractivity contribution in [3.63, 3.8) is 0 Å². The lowest BCUT2D eigenvalue weighted by Gasteiger charge is -2.07. The van der Waals surface area contributed by atoms with Crippen LogP contribution in [-0.4, -0.2) is 23.7 Å². The predicted octanol–water partition coefficient (Wildman–Crippen LogP) is 2.50. The average Bonchev–Trinajstić information content (AvgIpc) is 2.31. The van der Waals surface area contributed by atoms with Crippen molar-refractivity contribution in [3.8, 4) is 0 Å². The Labute approximate surface area is 110 Å². The van der Waals surface area contributed by atoms with Crippen LogP contribution in [-0.2, 0) is 4.79 Å². The highest BCUT2D eigenvalue weighted by molar-refractivity contribution is 6.42. The molecule has 0 aliphatic carbocycles. The van der Waals surface area contributed by atoms with Crippen LogP contribution in [0.5, 0.6) is 0 Å². The molecule has 0 spiro atoms. The van der Waals surface area contributed by atoms with Gasteiger partial charge in [0.15, 0.2) is 0 Å². The van der Waals surface area contributed by atoms with Gasteiger partial charge in [-0.15, -0.1) is 0 Å². The van der Waals surface area contributed by atoms with Crippen LogP contribution < -0.4 is 5.32 Å². The molecule has 1 atom stereocenters. The molecule has 17 heavy (non-hydrogen) atoms. The van der Waals surface area contributed by atoms with Crippen LogP contribution in [0.3, 0.4) is 0 Å². The second-order valence-electron chi connectivity index (χ2n) is 3.57. The summed E-state index contributed by atoms with van der Waals surface area (Å²) in [5.74, 6) is -0.289. The smallest absolute Gasteiger partial charge is 0.244 e. The maximum Gasteiger partial charge on any atom is 0.244 e. The van der Waals surface area contributed by atoms with Crippen molar-refractivity contribution in [1.82, 2.24) is 5.32 Å². The fourth-order valence-corrected chi connectivity index (χ4v) is 1.52. The first-order chi connectivity index (χ1) is 8.04. The minimum Gasteiger partial charge on any atom is -0.394 e. The van der Waals surface area contributed by atoms with E-state index in [0.717, 1.165) is 0 Å². The highest BCUT2D eigenvalue weighted by Gasteiger charge is 2.04. The van der Waals surface area contributed by atoms with E-state index in [-0.39, 0.29) is 18.6 Å². The van der Waals surface area contributed by atoms with Crippen molar-refractivity contribution in [2.24, 2.45) is 0 Å². The van der Waals surface area contributed by atoms with Crippen LogP contribution in [0.1, 0.15) is 12.5 Å². The molecule has 0 saturated heterocycles. The van der Waals surface area contributed by atoms with Gasteiger partial charge in [-0.2, -0.15) is 0 Å². The first kappa shape index (κ1) is 14.0. The van der Waals surface area contributed by atoms with Gasteiger partial charge in [0.2, 0.25) is 5.91 Å². The fraction of sp³-hybridized carbons (Fsp3) is 0.250. The number of carbonyl (C=O) groups is 1. The third-order valence-electron chi connectivity index (χ3n) is 2.06. The Morgan fingerprint density at radius 1 is 1.53 bits per heavy atom. The molecule has 0 radical (unpaired) electrons. The molecular weight excluding hydrogens is 261 g/mol. The summed E-state index contributed by atoms with van der Waals surface area (Å²) >= 11 is 11.8. The van der Waals surface area contributed by atoms with Crippen LogP contribution in [0.4, 0.5) is 0 Å². The largest absolute Gasteiger partial charge is 0.394 e. The standard InChI is InChI=1S/C12H13Cl2NO2/c1-8(7-16)15-11(17)6-5-9-3-2-4-10(13)12(9)14/h2-6,8,16H,7H2,1H3,(H,15,17)/t8-/m1/s1. The van der Waals surface area contributed by atoms with Gasteiger partial charge in [0.1, 0.15) is 0 Å². The molecule has 1 aromatic carbocycles. The summed E-state index contributed by atoms with van der Waals surface area (Å²) < 4.78 is 0. The maximum absolute atomic E-state index is 11.4. The van der Waals surface area contributed by atoms with Gasteiger partial charge in [0.05, 0.1) is 16.7 Å². The minimum atomic E-state index is -0.289. The van der Waals surface area contributed by atoms with Gasteiger partial charge in [-0.05, 0) is 24.6 Å². The van der Waals surface area contributed by atoms with Crippen molar-refractivity contribution < 1.29 is 9.90 Å². The highest BCUT2D eigenvalue weighted by atomic mass is 35.5. The lowest BCUT2D eigenvalue weighted by Crippen LogP contribution is -2.33. The molecule has 0 heterocycles. The number of halogens is 2. The van der Waals surface area contributed by atoms with Crippen molar-refractivity contribution in [3.05, 3.63) is 39.9 Å². The Morgan fingerprint density at radius 3 is 2.88 bits per heavy atom. The molecule has 5 heteroatoms. The number of nitrogens with one attached hydrogen (secondary N) is 1. The minimum absolute atomic E-state index is 0.0997. The second kappa shape index (κ2) is 6.64. The molecule has 92 valence electrons. The normalized spacial score (nSPS) is 12.7. The lowest BCUT2D eigenvalue weighted by molar-refractivity contribution is -0.117. The van der Waals surface area contributed by atoms with Gasteiger partial charge in [0, 0.05) is 12.1 Å². The second-order valence-corrected chi connectivity index (χ2v) is 4.35. The van der Waals surface area contributed by atoms with E-state index in [1.165, 1.54) is 6.08 Å². The zero-order chi connectivity index (χ0) is 12.8. The van der Waals surface area contributed by atoms with E-state index in [4.69, 9.17) is 28.3 Å². The Morgan fingerprint density at radius 2 is 2.24 bits per heavy atom. The number of aliphatic hydroxyl groups excluding tert-OH is 1. The van der Waals surface area contributed by atoms with E-state index in [1.807, 2.05) is 0 Å². The third kappa shape index (κ3) is 4.38. The molecule has 0 bridgehead atoms. The number of carbonyl (C=O) groups excluding carboxylic acids is 1. The number of hydrogen-bond donors (Lipinski definition) is 2. The summed E-state index contributed by atoms with van der Waals surface area (Å²) in [6.07, 6.45) is 2.93. The first-order valence-corrected chi connectivity index (χ1v) is 5.83. The van der Waals surface area contributed by atoms with E-state index in [2.05, 4.69) is 5.32 Å². The SMILES string of the molecule is C[C@H](CO)NC(=O)C=Cc1cccc(Cl)c1Cl. The summed E-state index contributed by atoms with van der Waals surface area (Å²) in [6.45, 7) is 1.61. The summed E-state index contributed by atoms with van der Waals surface area (Å²) in [7, 11) is 0.